The lowest BCUT2D eigenvalue weighted by atomic mass is 9.81. The number of hydrogen-bond acceptors (Lipinski definition) is 0. The first-order chi connectivity index (χ1) is 32.5. The van der Waals surface area contributed by atoms with Crippen LogP contribution in [0.15, 0.2) is 0 Å². The van der Waals surface area contributed by atoms with E-state index in [-0.39, 0.29) is 0 Å². The van der Waals surface area contributed by atoms with Crippen LogP contribution in [0.25, 0.3) is 291 Å². The Morgan fingerprint density at radius 1 is 0.0758 bits per heavy atom. The Morgan fingerprint density at radius 2 is 0.121 bits per heavy atom. The van der Waals surface area contributed by atoms with Gasteiger partial charge in [-0.1, -0.05) is 0 Å². The first-order valence-corrected chi connectivity index (χ1v) is 24.8. The van der Waals surface area contributed by atoms with Crippen LogP contribution in [0.3, 0.4) is 0 Å². The standard InChI is InChI=1S/C66H18/c1-7-8(2)14-20-16-11(5)12(6)18-21-17-10(4)9(3)15-19-13(7)22-23(14)32-39-29(20)40-34-25(16)27(18)36-42-30(21)41-35-26(17)24(15)33-38-28(19)37-31(22)43(32)52-55-46(37)47(38)56-53(44(33)35)59-50(41)51(42)60-54(45(34)36)58-49(40)48(39)57(52)63-61(55)62(56)65(59)66(60)64(58)63/h1-6H3. The average molecular weight is 811 g/mol. The third-order valence-corrected chi connectivity index (χ3v) is 23.4. The Hall–Kier alpha value is -7.80. The molecule has 0 aromatic heterocycles. The molecule has 0 fully saturated rings. The lowest BCUT2D eigenvalue weighted by molar-refractivity contribution is 1.42. The molecule has 0 aliphatic heterocycles. The van der Waals surface area contributed by atoms with E-state index in [4.69, 9.17) is 0 Å². The molecular formula is C66H18. The van der Waals surface area contributed by atoms with Gasteiger partial charge >= 0.3 is 0 Å². The van der Waals surface area contributed by atoms with Crippen LogP contribution in [-0.4, -0.2) is 0 Å². The quantitative estimate of drug-likeness (QED) is 0.134. The lowest BCUT2D eigenvalue weighted by Gasteiger charge is -2.21. The monoisotopic (exact) mass is 810 g/mol. The number of aryl methyl sites for hydroxylation is 6. The van der Waals surface area contributed by atoms with Crippen molar-refractivity contribution in [3.05, 3.63) is 33.4 Å². The molecule has 0 amide bonds. The van der Waals surface area contributed by atoms with Crippen LogP contribution in [0, 0.1) is 41.5 Å². The van der Waals surface area contributed by atoms with Crippen LogP contribution < -0.4 is 0 Å². The second-order valence-electron chi connectivity index (χ2n) is 24.0. The molecule has 66 heavy (non-hydrogen) atoms. The smallest absolute Gasteiger partial charge is 0.0000000000000537 e. The number of hydrogen-bond donors (Lipinski definition) is 0. The normalized spacial score (nSPS) is 16.6. The second kappa shape index (κ2) is 6.09. The van der Waals surface area contributed by atoms with Gasteiger partial charge in [-0.2, -0.15) is 0 Å². The molecule has 0 nitrogen and oxygen atoms in total. The van der Waals surface area contributed by atoms with Gasteiger partial charge in [-0.25, -0.2) is 0 Å². The van der Waals surface area contributed by atoms with Crippen molar-refractivity contribution in [1.82, 2.24) is 0 Å². The summed E-state index contributed by atoms with van der Waals surface area (Å²) in [4.78, 5) is 0. The molecule has 28 aromatic rings. The highest BCUT2D eigenvalue weighted by molar-refractivity contribution is 6.81. The van der Waals surface area contributed by atoms with E-state index in [9.17, 15) is 0 Å². The third kappa shape index (κ3) is 1.48. The summed E-state index contributed by atoms with van der Waals surface area (Å²) in [6.45, 7) is 15.4. The van der Waals surface area contributed by atoms with Crippen molar-refractivity contribution in [2.75, 3.05) is 0 Å². The Labute approximate surface area is 363 Å². The van der Waals surface area contributed by atoms with Crippen molar-refractivity contribution in [2.24, 2.45) is 0 Å². The molecule has 282 valence electrons. The van der Waals surface area contributed by atoms with Crippen LogP contribution in [0.2, 0.25) is 0 Å². The molecule has 0 saturated heterocycles. The Balaban J connectivity index is 1.34. The molecule has 28 aromatic carbocycles. The summed E-state index contributed by atoms with van der Waals surface area (Å²) in [5, 5.41) is 87.5. The maximum atomic E-state index is 2.56. The second-order valence-corrected chi connectivity index (χ2v) is 24.0. The molecule has 0 heterocycles. The van der Waals surface area contributed by atoms with Gasteiger partial charge < -0.3 is 0 Å². The third-order valence-electron chi connectivity index (χ3n) is 23.4. The SMILES string of the molecule is Cc1c(C)c2c3c4c(C)c(C)c5c6c7c(C)c(C)c8c9c1c1c2c2c%10c3c3c%11c4c5c4c5c6c6c%12c7c8c7c8c9c9c1c2c1c2c9c8c8c(c7%12)c7c6c5c5c(c%114)c4c3c%10c1c1c2c8c7c5c41. The maximum absolute atomic E-state index is 2.56. The zero-order valence-electron chi connectivity index (χ0n) is 36.0. The number of benzene rings is 19. The molecule has 0 aliphatic rings. The fraction of sp³-hybridized carbons (Fsp3) is 0.0909. The van der Waals surface area contributed by atoms with E-state index in [1.807, 2.05) is 0 Å². The zero-order chi connectivity index (χ0) is 40.6. The lowest BCUT2D eigenvalue weighted by Crippen LogP contribution is -1.95. The highest BCUT2D eigenvalue weighted by Crippen LogP contribution is 2.77. The zero-order valence-corrected chi connectivity index (χ0v) is 36.0. The molecule has 0 radical (unpaired) electrons. The van der Waals surface area contributed by atoms with Gasteiger partial charge in [0.2, 0.25) is 0 Å². The summed E-state index contributed by atoms with van der Waals surface area (Å²) in [5.74, 6) is 0. The molecular weight excluding hydrogens is 793 g/mol. The largest absolute Gasteiger partial charge is 0.0390 e. The van der Waals surface area contributed by atoms with Crippen molar-refractivity contribution in [3.63, 3.8) is 0 Å². The van der Waals surface area contributed by atoms with Gasteiger partial charge in [-0.15, -0.1) is 0 Å². The minimum atomic E-state index is 1.52. The number of rotatable bonds is 0. The molecule has 0 N–H and O–H groups in total. The molecule has 0 saturated carbocycles. The van der Waals surface area contributed by atoms with E-state index in [1.54, 1.807) is 291 Å². The van der Waals surface area contributed by atoms with Crippen LogP contribution >= 0.6 is 0 Å². The minimum Gasteiger partial charge on any atom is -0.0390 e. The topological polar surface area (TPSA) is 0 Å². The maximum Gasteiger partial charge on any atom is -0.0000000000000537 e. The van der Waals surface area contributed by atoms with Crippen molar-refractivity contribution < 1.29 is 0 Å². The fourth-order valence-electron chi connectivity index (χ4n) is 22.1. The van der Waals surface area contributed by atoms with Gasteiger partial charge in [0.25, 0.3) is 0 Å². The molecule has 0 aliphatic carbocycles. The van der Waals surface area contributed by atoms with Crippen molar-refractivity contribution in [2.45, 2.75) is 41.5 Å². The summed E-state index contributed by atoms with van der Waals surface area (Å²) >= 11 is 0. The molecule has 0 heteroatoms. The van der Waals surface area contributed by atoms with E-state index in [2.05, 4.69) is 41.5 Å². The Bertz CT molecular complexity index is 5990. The highest BCUT2D eigenvalue weighted by Gasteiger charge is 2.48. The molecule has 0 unspecified atom stereocenters. The molecule has 0 spiro atoms. The Kier molecular flexibility index (Phi) is 2.42. The molecule has 28 rings (SSSR count). The summed E-state index contributed by atoms with van der Waals surface area (Å²) < 4.78 is 0. The average Bonchev–Trinajstić information content (AvgIpc) is 4.20. The van der Waals surface area contributed by atoms with E-state index in [0.717, 1.165) is 0 Å². The summed E-state index contributed by atoms with van der Waals surface area (Å²) in [6.07, 6.45) is 0. The predicted molar refractivity (Wildman–Crippen MR) is 290 cm³/mol. The van der Waals surface area contributed by atoms with E-state index < -0.39 is 0 Å². The molecule has 0 atom stereocenters. The van der Waals surface area contributed by atoms with Crippen LogP contribution in [0.1, 0.15) is 33.4 Å². The highest BCUT2D eigenvalue weighted by atomic mass is 14.5. The van der Waals surface area contributed by atoms with Gasteiger partial charge in [0.05, 0.1) is 0 Å². The van der Waals surface area contributed by atoms with Crippen molar-refractivity contribution in [1.29, 1.82) is 0 Å². The fourth-order valence-corrected chi connectivity index (χ4v) is 22.1. The van der Waals surface area contributed by atoms with E-state index in [0.29, 0.717) is 0 Å². The first-order valence-electron chi connectivity index (χ1n) is 24.8. The van der Waals surface area contributed by atoms with Crippen molar-refractivity contribution >= 4 is 291 Å². The summed E-state index contributed by atoms with van der Waals surface area (Å²) in [7, 11) is 0. The number of fused-ring (bicyclic) bond motifs is 6. The van der Waals surface area contributed by atoms with Gasteiger partial charge in [-0.3, -0.25) is 0 Å². The first kappa shape index (κ1) is 26.2. The van der Waals surface area contributed by atoms with Gasteiger partial charge in [0.15, 0.2) is 0 Å². The molecule has 0 bridgehead atoms. The summed E-state index contributed by atoms with van der Waals surface area (Å²) in [5.41, 5.74) is 9.11. The van der Waals surface area contributed by atoms with Gasteiger partial charge in [0.1, 0.15) is 0 Å². The van der Waals surface area contributed by atoms with Crippen LogP contribution in [-0.2, 0) is 0 Å². The van der Waals surface area contributed by atoms with Crippen LogP contribution in [0.5, 0.6) is 0 Å². The van der Waals surface area contributed by atoms with Gasteiger partial charge in [-0.05, 0) is 366 Å². The Morgan fingerprint density at radius 3 is 0.197 bits per heavy atom. The summed E-state index contributed by atoms with van der Waals surface area (Å²) in [6, 6.07) is 0. The van der Waals surface area contributed by atoms with Gasteiger partial charge in [0, 0.05) is 0 Å². The van der Waals surface area contributed by atoms with E-state index in [1.165, 1.54) is 33.4 Å². The predicted octanol–water partition coefficient (Wildman–Crippen LogP) is 19.5. The minimum absolute atomic E-state index is 1.52. The van der Waals surface area contributed by atoms with E-state index >= 15 is 0 Å². The van der Waals surface area contributed by atoms with Crippen molar-refractivity contribution in [3.8, 4) is 0 Å². The van der Waals surface area contributed by atoms with Crippen LogP contribution in [0.4, 0.5) is 0 Å².